The highest BCUT2D eigenvalue weighted by Gasteiger charge is 2.31. The molecular weight excluding hydrogens is 482 g/mol. The number of rotatable bonds is 7. The second-order valence-electron chi connectivity index (χ2n) is 8.94. The van der Waals surface area contributed by atoms with Crippen LogP contribution >= 0.6 is 11.6 Å². The summed E-state index contributed by atoms with van der Waals surface area (Å²) in [4.78, 5) is 5.12. The molecular formula is C27H28ClN3O3S. The van der Waals surface area contributed by atoms with Crippen LogP contribution in [-0.2, 0) is 23.2 Å². The number of imidazole rings is 1. The number of halogens is 1. The Morgan fingerprint density at radius 3 is 2.46 bits per heavy atom. The van der Waals surface area contributed by atoms with Gasteiger partial charge in [0.15, 0.2) is 0 Å². The van der Waals surface area contributed by atoms with Crippen molar-refractivity contribution >= 4 is 32.7 Å². The molecule has 1 aliphatic heterocycles. The standard InChI is InChI=1S/C27H28ClN3O3S/c1-20-23(28)10-7-13-26(20)35(32,33)30-16-14-21(15-17-30)18-31-25-12-6-5-11-24(25)29-27(31)19-34-22-8-3-2-4-9-22/h2-13,21H,14-19H2,1H3. The normalized spacial score (nSPS) is 15.5. The van der Waals surface area contributed by atoms with Crippen LogP contribution in [0.5, 0.6) is 5.75 Å². The Bertz CT molecular complexity index is 1430. The Morgan fingerprint density at radius 2 is 1.69 bits per heavy atom. The van der Waals surface area contributed by atoms with E-state index >= 15 is 0 Å². The first-order valence-electron chi connectivity index (χ1n) is 11.8. The quantitative estimate of drug-likeness (QED) is 0.321. The van der Waals surface area contributed by atoms with E-state index in [0.29, 0.717) is 41.1 Å². The van der Waals surface area contributed by atoms with Gasteiger partial charge in [0.2, 0.25) is 10.0 Å². The van der Waals surface area contributed by atoms with Gasteiger partial charge in [-0.3, -0.25) is 0 Å². The highest BCUT2D eigenvalue weighted by Crippen LogP contribution is 2.30. The lowest BCUT2D eigenvalue weighted by Crippen LogP contribution is -2.39. The fourth-order valence-corrected chi connectivity index (χ4v) is 6.65. The minimum atomic E-state index is -3.57. The molecule has 2 heterocycles. The van der Waals surface area contributed by atoms with E-state index in [1.807, 2.05) is 48.5 Å². The number of benzene rings is 3. The monoisotopic (exact) mass is 509 g/mol. The van der Waals surface area contributed by atoms with Crippen molar-refractivity contribution in [3.63, 3.8) is 0 Å². The van der Waals surface area contributed by atoms with Crippen LogP contribution in [-0.4, -0.2) is 35.4 Å². The predicted octanol–water partition coefficient (Wildman–Crippen LogP) is 5.68. The number of ether oxygens (including phenoxy) is 1. The number of piperidine rings is 1. The van der Waals surface area contributed by atoms with Crippen LogP contribution < -0.4 is 4.74 Å². The predicted molar refractivity (Wildman–Crippen MR) is 138 cm³/mol. The van der Waals surface area contributed by atoms with E-state index in [2.05, 4.69) is 10.6 Å². The molecule has 6 nitrogen and oxygen atoms in total. The maximum absolute atomic E-state index is 13.3. The minimum absolute atomic E-state index is 0.296. The van der Waals surface area contributed by atoms with Crippen LogP contribution in [0.3, 0.4) is 0 Å². The molecule has 0 unspecified atom stereocenters. The van der Waals surface area contributed by atoms with Crippen molar-refractivity contribution in [3.05, 3.63) is 89.2 Å². The summed E-state index contributed by atoms with van der Waals surface area (Å²) in [7, 11) is -3.57. The lowest BCUT2D eigenvalue weighted by atomic mass is 9.98. The van der Waals surface area contributed by atoms with E-state index in [4.69, 9.17) is 21.3 Å². The number of hydrogen-bond donors (Lipinski definition) is 0. The SMILES string of the molecule is Cc1c(Cl)cccc1S(=O)(=O)N1CCC(Cn2c(COc3ccccc3)nc3ccccc32)CC1. The third-order valence-corrected chi connectivity index (χ3v) is 9.15. The van der Waals surface area contributed by atoms with Crippen LogP contribution in [0.4, 0.5) is 0 Å². The third kappa shape index (κ3) is 4.94. The second-order valence-corrected chi connectivity index (χ2v) is 11.3. The molecule has 1 saturated heterocycles. The molecule has 4 aromatic rings. The number of fused-ring (bicyclic) bond motifs is 1. The van der Waals surface area contributed by atoms with E-state index in [9.17, 15) is 8.42 Å². The Hall–Kier alpha value is -2.87. The molecule has 0 bridgehead atoms. The average molecular weight is 510 g/mol. The van der Waals surface area contributed by atoms with Gasteiger partial charge in [-0.25, -0.2) is 13.4 Å². The molecule has 0 spiro atoms. The van der Waals surface area contributed by atoms with Crippen LogP contribution in [0, 0.1) is 12.8 Å². The average Bonchev–Trinajstić information content (AvgIpc) is 3.22. The molecule has 182 valence electrons. The number of nitrogens with zero attached hydrogens (tertiary/aromatic N) is 3. The number of para-hydroxylation sites is 3. The van der Waals surface area contributed by atoms with E-state index in [0.717, 1.165) is 42.0 Å². The molecule has 0 atom stereocenters. The van der Waals surface area contributed by atoms with Gasteiger partial charge < -0.3 is 9.30 Å². The van der Waals surface area contributed by atoms with Gasteiger partial charge in [0.25, 0.3) is 0 Å². The number of aromatic nitrogens is 2. The van der Waals surface area contributed by atoms with Gasteiger partial charge >= 0.3 is 0 Å². The molecule has 3 aromatic carbocycles. The molecule has 0 saturated carbocycles. The van der Waals surface area contributed by atoms with Crippen LogP contribution in [0.1, 0.15) is 24.2 Å². The van der Waals surface area contributed by atoms with Crippen molar-refractivity contribution in [3.8, 4) is 5.75 Å². The van der Waals surface area contributed by atoms with Gasteiger partial charge in [-0.1, -0.05) is 48.0 Å². The first kappa shape index (κ1) is 23.9. The van der Waals surface area contributed by atoms with Crippen LogP contribution in [0.2, 0.25) is 5.02 Å². The lowest BCUT2D eigenvalue weighted by Gasteiger charge is -2.32. The Morgan fingerprint density at radius 1 is 0.971 bits per heavy atom. The number of hydrogen-bond acceptors (Lipinski definition) is 4. The first-order chi connectivity index (χ1) is 16.9. The highest BCUT2D eigenvalue weighted by molar-refractivity contribution is 7.89. The Balaban J connectivity index is 1.31. The summed E-state index contributed by atoms with van der Waals surface area (Å²) >= 11 is 6.19. The van der Waals surface area contributed by atoms with Gasteiger partial charge in [0, 0.05) is 24.7 Å². The summed E-state index contributed by atoms with van der Waals surface area (Å²) in [5, 5.41) is 0.471. The van der Waals surface area contributed by atoms with Crippen LogP contribution in [0.15, 0.2) is 77.7 Å². The smallest absolute Gasteiger partial charge is 0.243 e. The molecule has 1 aliphatic rings. The number of sulfonamides is 1. The van der Waals surface area contributed by atoms with Crippen LogP contribution in [0.25, 0.3) is 11.0 Å². The van der Waals surface area contributed by atoms with Crippen molar-refractivity contribution in [2.45, 2.75) is 37.8 Å². The maximum Gasteiger partial charge on any atom is 0.243 e. The first-order valence-corrected chi connectivity index (χ1v) is 13.6. The lowest BCUT2D eigenvalue weighted by molar-refractivity contribution is 0.244. The van der Waals surface area contributed by atoms with Crippen molar-refractivity contribution in [2.75, 3.05) is 13.1 Å². The van der Waals surface area contributed by atoms with Crippen molar-refractivity contribution < 1.29 is 13.2 Å². The van der Waals surface area contributed by atoms with Crippen molar-refractivity contribution in [1.29, 1.82) is 0 Å². The molecule has 8 heteroatoms. The zero-order valence-corrected chi connectivity index (χ0v) is 21.2. The highest BCUT2D eigenvalue weighted by atomic mass is 35.5. The molecule has 35 heavy (non-hydrogen) atoms. The van der Waals surface area contributed by atoms with E-state index in [-0.39, 0.29) is 0 Å². The molecule has 0 aliphatic carbocycles. The van der Waals surface area contributed by atoms with Gasteiger partial charge in [-0.2, -0.15) is 4.31 Å². The summed E-state index contributed by atoms with van der Waals surface area (Å²) in [6.45, 7) is 3.88. The summed E-state index contributed by atoms with van der Waals surface area (Å²) in [5.74, 6) is 2.02. The van der Waals surface area contributed by atoms with Gasteiger partial charge in [0.05, 0.1) is 15.9 Å². The molecule has 0 radical (unpaired) electrons. The zero-order valence-electron chi connectivity index (χ0n) is 19.6. The summed E-state index contributed by atoms with van der Waals surface area (Å²) in [6.07, 6.45) is 1.56. The molecule has 0 amide bonds. The fourth-order valence-electron chi connectivity index (χ4n) is 4.70. The van der Waals surface area contributed by atoms with E-state index < -0.39 is 10.0 Å². The zero-order chi connectivity index (χ0) is 24.4. The minimum Gasteiger partial charge on any atom is -0.486 e. The van der Waals surface area contributed by atoms with Gasteiger partial charge in [0.1, 0.15) is 18.2 Å². The Labute approximate surface area is 211 Å². The van der Waals surface area contributed by atoms with E-state index in [1.54, 1.807) is 29.4 Å². The maximum atomic E-state index is 13.3. The Kier molecular flexibility index (Phi) is 6.82. The van der Waals surface area contributed by atoms with Gasteiger partial charge in [-0.05, 0) is 67.6 Å². The molecule has 0 N–H and O–H groups in total. The third-order valence-electron chi connectivity index (χ3n) is 6.69. The van der Waals surface area contributed by atoms with Crippen molar-refractivity contribution in [2.24, 2.45) is 5.92 Å². The topological polar surface area (TPSA) is 64.4 Å². The fraction of sp³-hybridized carbons (Fsp3) is 0.296. The molecule has 1 fully saturated rings. The summed E-state index contributed by atoms with van der Waals surface area (Å²) < 4.78 is 36.4. The second kappa shape index (κ2) is 10.0. The molecule has 5 rings (SSSR count). The largest absolute Gasteiger partial charge is 0.486 e. The summed E-state index contributed by atoms with van der Waals surface area (Å²) in [6, 6.07) is 22.9. The van der Waals surface area contributed by atoms with Gasteiger partial charge in [-0.15, -0.1) is 0 Å². The van der Waals surface area contributed by atoms with E-state index in [1.165, 1.54) is 0 Å². The van der Waals surface area contributed by atoms with Crippen molar-refractivity contribution in [1.82, 2.24) is 13.9 Å². The summed E-state index contributed by atoms with van der Waals surface area (Å²) in [5.41, 5.74) is 2.61. The molecule has 1 aromatic heterocycles.